The second-order valence-corrected chi connectivity index (χ2v) is 8.43. The third-order valence-corrected chi connectivity index (χ3v) is 6.48. The summed E-state index contributed by atoms with van der Waals surface area (Å²) in [5.74, 6) is 2.25. The van der Waals surface area contributed by atoms with Crippen molar-refractivity contribution < 1.29 is 8.83 Å². The highest BCUT2D eigenvalue weighted by atomic mass is 32.2. The molecule has 0 radical (unpaired) electrons. The maximum atomic E-state index is 9.34. The zero-order valence-corrected chi connectivity index (χ0v) is 18.1. The fourth-order valence-electron chi connectivity index (χ4n) is 2.58. The molecule has 0 saturated heterocycles. The average molecular weight is 459 g/mol. The van der Waals surface area contributed by atoms with Crippen LogP contribution in [0.2, 0.25) is 0 Å². The van der Waals surface area contributed by atoms with Crippen LogP contribution in [-0.2, 0) is 11.5 Å². The molecule has 32 heavy (non-hydrogen) atoms. The van der Waals surface area contributed by atoms with E-state index in [1.807, 2.05) is 72.8 Å². The lowest BCUT2D eigenvalue weighted by molar-refractivity contribution is 0.528. The molecular formula is C22H14N6O2S2. The largest absolute Gasteiger partial charge is 0.420 e. The van der Waals surface area contributed by atoms with Gasteiger partial charge in [0.1, 0.15) is 17.7 Å². The van der Waals surface area contributed by atoms with Crippen LogP contribution in [0.15, 0.2) is 79.3 Å². The molecule has 8 nitrogen and oxygen atoms in total. The molecule has 0 aliphatic carbocycles. The molecule has 4 rings (SSSR count). The Hall–Kier alpha value is -3.86. The van der Waals surface area contributed by atoms with Crippen LogP contribution < -0.4 is 0 Å². The number of thioether (sulfide) groups is 2. The molecule has 4 aromatic rings. The zero-order valence-electron chi connectivity index (χ0n) is 16.5. The van der Waals surface area contributed by atoms with E-state index in [9.17, 15) is 10.5 Å². The van der Waals surface area contributed by atoms with Crippen molar-refractivity contribution in [3.8, 4) is 35.0 Å². The van der Waals surface area contributed by atoms with Crippen molar-refractivity contribution in [3.05, 3.63) is 82.3 Å². The second-order valence-electron chi connectivity index (χ2n) is 6.20. The Morgan fingerprint density at radius 1 is 0.688 bits per heavy atom. The van der Waals surface area contributed by atoms with Gasteiger partial charge < -0.3 is 8.83 Å². The standard InChI is InChI=1S/C22H14N6O2S2/c23-11-17(12-24)22(31-13-18-25-27-20(29-18)15-7-3-1-4-8-15)32-14-19-26-28-21(30-19)16-9-5-2-6-10-16/h1-10H,13-14H2. The number of allylic oxidation sites excluding steroid dienone is 1. The third-order valence-electron chi connectivity index (χ3n) is 4.06. The van der Waals surface area contributed by atoms with Gasteiger partial charge in [-0.2, -0.15) is 10.5 Å². The number of hydrogen-bond acceptors (Lipinski definition) is 10. The molecule has 0 atom stereocenters. The van der Waals surface area contributed by atoms with Crippen LogP contribution in [0, 0.1) is 22.7 Å². The summed E-state index contributed by atoms with van der Waals surface area (Å²) in [6, 6.07) is 22.7. The van der Waals surface area contributed by atoms with Crippen LogP contribution in [-0.4, -0.2) is 20.4 Å². The van der Waals surface area contributed by atoms with Crippen molar-refractivity contribution in [2.45, 2.75) is 11.5 Å². The number of hydrogen-bond donors (Lipinski definition) is 0. The molecule has 0 aliphatic rings. The van der Waals surface area contributed by atoms with Crippen molar-refractivity contribution in [1.82, 2.24) is 20.4 Å². The molecule has 0 saturated carbocycles. The summed E-state index contributed by atoms with van der Waals surface area (Å²) in [5.41, 5.74) is 1.65. The summed E-state index contributed by atoms with van der Waals surface area (Å²) in [4.78, 5) is 0. The van der Waals surface area contributed by atoms with E-state index in [2.05, 4.69) is 20.4 Å². The topological polar surface area (TPSA) is 125 Å². The van der Waals surface area contributed by atoms with E-state index in [-0.39, 0.29) is 5.57 Å². The van der Waals surface area contributed by atoms with Gasteiger partial charge in [-0.05, 0) is 24.3 Å². The summed E-state index contributed by atoms with van der Waals surface area (Å²) in [5, 5.41) is 34.9. The maximum Gasteiger partial charge on any atom is 0.247 e. The van der Waals surface area contributed by atoms with Crippen LogP contribution >= 0.6 is 23.5 Å². The van der Waals surface area contributed by atoms with E-state index in [1.165, 1.54) is 23.5 Å². The number of rotatable bonds is 8. The number of nitriles is 2. The van der Waals surface area contributed by atoms with Gasteiger partial charge >= 0.3 is 0 Å². The van der Waals surface area contributed by atoms with E-state index in [4.69, 9.17) is 8.83 Å². The highest BCUT2D eigenvalue weighted by molar-refractivity contribution is 8.21. The third kappa shape index (κ3) is 5.24. The van der Waals surface area contributed by atoms with Gasteiger partial charge in [0.15, 0.2) is 0 Å². The fourth-order valence-corrected chi connectivity index (χ4v) is 4.48. The molecule has 156 valence electrons. The monoisotopic (exact) mass is 458 g/mol. The van der Waals surface area contributed by atoms with Crippen LogP contribution in [0.4, 0.5) is 0 Å². The Balaban J connectivity index is 1.42. The Kier molecular flexibility index (Phi) is 6.98. The predicted molar refractivity (Wildman–Crippen MR) is 120 cm³/mol. The lowest BCUT2D eigenvalue weighted by Crippen LogP contribution is -1.87. The first-order valence-corrected chi connectivity index (χ1v) is 11.3. The van der Waals surface area contributed by atoms with Crippen LogP contribution in [0.25, 0.3) is 22.9 Å². The maximum absolute atomic E-state index is 9.34. The summed E-state index contributed by atoms with van der Waals surface area (Å²) < 4.78 is 11.9. The molecule has 0 fully saturated rings. The first-order valence-electron chi connectivity index (χ1n) is 9.32. The first-order chi connectivity index (χ1) is 15.8. The van der Waals surface area contributed by atoms with Crippen LogP contribution in [0.5, 0.6) is 0 Å². The SMILES string of the molecule is N#CC(C#N)=C(SCc1nnc(-c2ccccc2)o1)SCc1nnc(-c2ccccc2)o1. The highest BCUT2D eigenvalue weighted by Crippen LogP contribution is 2.36. The van der Waals surface area contributed by atoms with Gasteiger partial charge in [-0.15, -0.1) is 43.9 Å². The molecule has 2 aromatic carbocycles. The van der Waals surface area contributed by atoms with Gasteiger partial charge in [0.25, 0.3) is 0 Å². The van der Waals surface area contributed by atoms with Crippen molar-refractivity contribution >= 4 is 23.5 Å². The Morgan fingerprint density at radius 3 is 1.53 bits per heavy atom. The highest BCUT2D eigenvalue weighted by Gasteiger charge is 2.15. The van der Waals surface area contributed by atoms with Gasteiger partial charge in [0.2, 0.25) is 23.6 Å². The van der Waals surface area contributed by atoms with Crippen molar-refractivity contribution in [2.75, 3.05) is 0 Å². The minimum atomic E-state index is 0.00518. The van der Waals surface area contributed by atoms with Crippen LogP contribution in [0.1, 0.15) is 11.8 Å². The molecule has 2 aromatic heterocycles. The molecule has 0 amide bonds. The number of nitrogens with zero attached hydrogens (tertiary/aromatic N) is 6. The van der Waals surface area contributed by atoms with Crippen molar-refractivity contribution in [3.63, 3.8) is 0 Å². The zero-order chi connectivity index (χ0) is 22.2. The predicted octanol–water partition coefficient (Wildman–Crippen LogP) is 5.21. The van der Waals surface area contributed by atoms with Gasteiger partial charge in [-0.25, -0.2) is 0 Å². The minimum Gasteiger partial charge on any atom is -0.420 e. The second kappa shape index (κ2) is 10.4. The van der Waals surface area contributed by atoms with Crippen LogP contribution in [0.3, 0.4) is 0 Å². The molecule has 0 spiro atoms. The van der Waals surface area contributed by atoms with Gasteiger partial charge in [0.05, 0.1) is 15.7 Å². The average Bonchev–Trinajstić information content (AvgIpc) is 3.52. The van der Waals surface area contributed by atoms with Crippen molar-refractivity contribution in [1.29, 1.82) is 10.5 Å². The van der Waals surface area contributed by atoms with Gasteiger partial charge in [-0.3, -0.25) is 0 Å². The van der Waals surface area contributed by atoms with E-state index in [0.717, 1.165) is 11.1 Å². The quantitative estimate of drug-likeness (QED) is 0.325. The Bertz CT molecular complexity index is 1200. The summed E-state index contributed by atoms with van der Waals surface area (Å²) >= 11 is 2.55. The number of benzene rings is 2. The molecule has 0 unspecified atom stereocenters. The van der Waals surface area contributed by atoms with E-state index in [0.29, 0.717) is 39.3 Å². The molecule has 10 heteroatoms. The summed E-state index contributed by atoms with van der Waals surface area (Å²) in [6.45, 7) is 0. The summed E-state index contributed by atoms with van der Waals surface area (Å²) in [7, 11) is 0. The lowest BCUT2D eigenvalue weighted by atomic mass is 10.2. The summed E-state index contributed by atoms with van der Waals surface area (Å²) in [6.07, 6.45) is 0. The molecular weight excluding hydrogens is 444 g/mol. The Labute approximate surface area is 192 Å². The normalized spacial score (nSPS) is 10.3. The fraction of sp³-hybridized carbons (Fsp3) is 0.0909. The Morgan fingerprint density at radius 2 is 1.12 bits per heavy atom. The smallest absolute Gasteiger partial charge is 0.247 e. The van der Waals surface area contributed by atoms with E-state index in [1.54, 1.807) is 0 Å². The lowest BCUT2D eigenvalue weighted by Gasteiger charge is -2.03. The number of aromatic nitrogens is 4. The van der Waals surface area contributed by atoms with Gasteiger partial charge in [0, 0.05) is 11.1 Å². The van der Waals surface area contributed by atoms with E-state index >= 15 is 0 Å². The first kappa shape index (κ1) is 21.4. The molecule has 0 N–H and O–H groups in total. The van der Waals surface area contributed by atoms with Gasteiger partial charge in [-0.1, -0.05) is 36.4 Å². The minimum absolute atomic E-state index is 0.00518. The molecule has 0 aliphatic heterocycles. The van der Waals surface area contributed by atoms with E-state index < -0.39 is 0 Å². The van der Waals surface area contributed by atoms with Crippen molar-refractivity contribution in [2.24, 2.45) is 0 Å². The molecule has 0 bridgehead atoms. The molecule has 2 heterocycles.